The Morgan fingerprint density at radius 3 is 3.00 bits per heavy atom. The number of hydrogen-bond acceptors (Lipinski definition) is 2. The van der Waals surface area contributed by atoms with E-state index in [-0.39, 0.29) is 5.41 Å². The van der Waals surface area contributed by atoms with Crippen molar-refractivity contribution in [2.24, 2.45) is 5.73 Å². The molecule has 1 aliphatic heterocycles. The van der Waals surface area contributed by atoms with E-state index >= 15 is 0 Å². The van der Waals surface area contributed by atoms with E-state index in [4.69, 9.17) is 5.73 Å². The Kier molecular flexibility index (Phi) is 1.37. The molecule has 1 aromatic carbocycles. The number of benzene rings is 1. The van der Waals surface area contributed by atoms with Gasteiger partial charge in [0.25, 0.3) is 0 Å². The first kappa shape index (κ1) is 7.83. The van der Waals surface area contributed by atoms with Gasteiger partial charge in [0, 0.05) is 22.5 Å². The van der Waals surface area contributed by atoms with Gasteiger partial charge in [-0.2, -0.15) is 0 Å². The van der Waals surface area contributed by atoms with Crippen molar-refractivity contribution in [3.63, 3.8) is 0 Å². The summed E-state index contributed by atoms with van der Waals surface area (Å²) in [7, 11) is 0. The van der Waals surface area contributed by atoms with Crippen LogP contribution < -0.4 is 11.1 Å². The molecular formula is C10H11BrN2. The van der Waals surface area contributed by atoms with Crippen molar-refractivity contribution in [3.05, 3.63) is 28.2 Å². The second-order valence-electron chi connectivity index (χ2n) is 3.98. The van der Waals surface area contributed by atoms with Gasteiger partial charge in [0.15, 0.2) is 0 Å². The van der Waals surface area contributed by atoms with Gasteiger partial charge in [-0.3, -0.25) is 0 Å². The Balaban J connectivity index is 2.18. The van der Waals surface area contributed by atoms with Crippen molar-refractivity contribution in [3.8, 4) is 0 Å². The summed E-state index contributed by atoms with van der Waals surface area (Å²) in [5.41, 5.74) is 8.88. The van der Waals surface area contributed by atoms with Crippen LogP contribution in [0.4, 0.5) is 5.69 Å². The predicted molar refractivity (Wildman–Crippen MR) is 56.9 cm³/mol. The van der Waals surface area contributed by atoms with E-state index in [9.17, 15) is 0 Å². The highest BCUT2D eigenvalue weighted by molar-refractivity contribution is 9.10. The van der Waals surface area contributed by atoms with Crippen LogP contribution in [0, 0.1) is 0 Å². The molecule has 2 aliphatic rings. The van der Waals surface area contributed by atoms with E-state index < -0.39 is 0 Å². The first-order valence-corrected chi connectivity index (χ1v) is 5.32. The second-order valence-corrected chi connectivity index (χ2v) is 4.84. The number of fused-ring (bicyclic) bond motifs is 2. The summed E-state index contributed by atoms with van der Waals surface area (Å²) < 4.78 is 1.15. The highest BCUT2D eigenvalue weighted by Crippen LogP contribution is 2.54. The summed E-state index contributed by atoms with van der Waals surface area (Å²) in [6, 6.07) is 6.70. The zero-order chi connectivity index (χ0) is 9.05. The van der Waals surface area contributed by atoms with Crippen LogP contribution in [0.25, 0.3) is 0 Å². The average Bonchev–Trinajstić information content (AvgIpc) is 2.57. The zero-order valence-corrected chi connectivity index (χ0v) is 8.76. The molecule has 0 amide bonds. The van der Waals surface area contributed by atoms with Gasteiger partial charge in [0.2, 0.25) is 0 Å². The predicted octanol–water partition coefficient (Wildman–Crippen LogP) is 1.84. The zero-order valence-electron chi connectivity index (χ0n) is 7.18. The first-order chi connectivity index (χ1) is 6.24. The standard InChI is InChI=1S/C10H11BrN2/c11-7-3-1-2-6-9(7)13-5-10(6)4-8(10)12/h1-3,8,13H,4-5,12H2. The van der Waals surface area contributed by atoms with Gasteiger partial charge in [0.1, 0.15) is 0 Å². The van der Waals surface area contributed by atoms with Crippen molar-refractivity contribution >= 4 is 21.6 Å². The topological polar surface area (TPSA) is 38.0 Å². The lowest BCUT2D eigenvalue weighted by atomic mass is 9.98. The van der Waals surface area contributed by atoms with Crippen molar-refractivity contribution in [2.75, 3.05) is 11.9 Å². The van der Waals surface area contributed by atoms with Crippen LogP contribution >= 0.6 is 15.9 Å². The van der Waals surface area contributed by atoms with Crippen molar-refractivity contribution in [1.29, 1.82) is 0 Å². The minimum absolute atomic E-state index is 0.263. The molecule has 2 atom stereocenters. The first-order valence-electron chi connectivity index (χ1n) is 4.52. The van der Waals surface area contributed by atoms with Gasteiger partial charge < -0.3 is 11.1 Å². The Morgan fingerprint density at radius 1 is 1.54 bits per heavy atom. The lowest BCUT2D eigenvalue weighted by molar-refractivity contribution is 0.733. The van der Waals surface area contributed by atoms with Crippen molar-refractivity contribution in [2.45, 2.75) is 17.9 Å². The molecule has 13 heavy (non-hydrogen) atoms. The summed E-state index contributed by atoms with van der Waals surface area (Å²) in [6.45, 7) is 1.01. The lowest BCUT2D eigenvalue weighted by Crippen LogP contribution is -2.20. The molecule has 0 saturated heterocycles. The fraction of sp³-hybridized carbons (Fsp3) is 0.400. The number of halogens is 1. The molecule has 1 heterocycles. The Bertz CT molecular complexity index is 377. The van der Waals surface area contributed by atoms with E-state index in [1.807, 2.05) is 0 Å². The molecule has 1 saturated carbocycles. The molecule has 1 aromatic rings. The van der Waals surface area contributed by atoms with Gasteiger partial charge in [-0.05, 0) is 34.0 Å². The normalized spacial score (nSPS) is 34.5. The Hall–Kier alpha value is -0.540. The second kappa shape index (κ2) is 2.28. The minimum atomic E-state index is 0.263. The number of para-hydroxylation sites is 1. The summed E-state index contributed by atoms with van der Waals surface area (Å²) >= 11 is 3.54. The highest BCUT2D eigenvalue weighted by atomic mass is 79.9. The third-order valence-electron chi connectivity index (χ3n) is 3.26. The van der Waals surface area contributed by atoms with Crippen LogP contribution in [0.2, 0.25) is 0 Å². The maximum Gasteiger partial charge on any atom is 0.0524 e. The number of anilines is 1. The molecule has 3 rings (SSSR count). The monoisotopic (exact) mass is 238 g/mol. The molecule has 0 aromatic heterocycles. The lowest BCUT2D eigenvalue weighted by Gasteiger charge is -2.06. The third kappa shape index (κ3) is 0.864. The minimum Gasteiger partial charge on any atom is -0.383 e. The third-order valence-corrected chi connectivity index (χ3v) is 3.93. The smallest absolute Gasteiger partial charge is 0.0524 e. The van der Waals surface area contributed by atoms with Gasteiger partial charge >= 0.3 is 0 Å². The quantitative estimate of drug-likeness (QED) is 0.725. The van der Waals surface area contributed by atoms with Crippen molar-refractivity contribution < 1.29 is 0 Å². The van der Waals surface area contributed by atoms with Gasteiger partial charge in [-0.15, -0.1) is 0 Å². The highest BCUT2D eigenvalue weighted by Gasteiger charge is 2.56. The molecule has 68 valence electrons. The van der Waals surface area contributed by atoms with Crippen molar-refractivity contribution in [1.82, 2.24) is 0 Å². The number of nitrogens with one attached hydrogen (secondary N) is 1. The molecule has 1 spiro atoms. The molecular weight excluding hydrogens is 228 g/mol. The molecule has 0 bridgehead atoms. The SMILES string of the molecule is NC1CC12CNc1c(Br)cccc12. The molecule has 3 N–H and O–H groups in total. The largest absolute Gasteiger partial charge is 0.383 e. The Morgan fingerprint density at radius 2 is 2.31 bits per heavy atom. The molecule has 0 radical (unpaired) electrons. The summed E-state index contributed by atoms with van der Waals surface area (Å²) in [5.74, 6) is 0. The summed E-state index contributed by atoms with van der Waals surface area (Å²) in [4.78, 5) is 0. The van der Waals surface area contributed by atoms with Gasteiger partial charge in [0.05, 0.1) is 5.69 Å². The van der Waals surface area contributed by atoms with Crippen LogP contribution in [0.15, 0.2) is 22.7 Å². The van der Waals surface area contributed by atoms with E-state index in [2.05, 4.69) is 39.4 Å². The van der Waals surface area contributed by atoms with Crippen LogP contribution in [0.5, 0.6) is 0 Å². The number of hydrogen-bond donors (Lipinski definition) is 2. The molecule has 3 heteroatoms. The summed E-state index contributed by atoms with van der Waals surface area (Å²) in [5, 5.41) is 3.42. The maximum atomic E-state index is 5.97. The molecule has 2 nitrogen and oxygen atoms in total. The number of rotatable bonds is 0. The van der Waals surface area contributed by atoms with Crippen LogP contribution in [0.1, 0.15) is 12.0 Å². The average molecular weight is 239 g/mol. The fourth-order valence-corrected chi connectivity index (χ4v) is 2.81. The molecule has 1 aliphatic carbocycles. The van der Waals surface area contributed by atoms with E-state index in [0.29, 0.717) is 6.04 Å². The van der Waals surface area contributed by atoms with Gasteiger partial charge in [-0.25, -0.2) is 0 Å². The van der Waals surface area contributed by atoms with E-state index in [0.717, 1.165) is 17.4 Å². The van der Waals surface area contributed by atoms with Gasteiger partial charge in [-0.1, -0.05) is 12.1 Å². The number of nitrogens with two attached hydrogens (primary N) is 1. The van der Waals surface area contributed by atoms with E-state index in [1.165, 1.54) is 11.3 Å². The molecule has 2 unspecified atom stereocenters. The van der Waals surface area contributed by atoms with Crippen LogP contribution in [0.3, 0.4) is 0 Å². The maximum absolute atomic E-state index is 5.97. The van der Waals surface area contributed by atoms with Crippen LogP contribution in [-0.4, -0.2) is 12.6 Å². The Labute approximate surface area is 85.6 Å². The van der Waals surface area contributed by atoms with Crippen LogP contribution in [-0.2, 0) is 5.41 Å². The van der Waals surface area contributed by atoms with E-state index in [1.54, 1.807) is 0 Å². The molecule has 1 fully saturated rings. The summed E-state index contributed by atoms with van der Waals surface area (Å²) in [6.07, 6.45) is 1.13. The fourth-order valence-electron chi connectivity index (χ4n) is 2.31.